The molecule has 1 aromatic carbocycles. The quantitative estimate of drug-likeness (QED) is 0.767. The molecule has 0 spiro atoms. The first kappa shape index (κ1) is 16.2. The van der Waals surface area contributed by atoms with Crippen LogP contribution in [-0.2, 0) is 9.59 Å². The second-order valence-corrected chi connectivity index (χ2v) is 5.23. The molecule has 2 unspecified atom stereocenters. The molecule has 0 aliphatic heterocycles. The summed E-state index contributed by atoms with van der Waals surface area (Å²) in [7, 11) is 0. The first-order valence-corrected chi connectivity index (χ1v) is 7.09. The van der Waals surface area contributed by atoms with Crippen LogP contribution in [-0.4, -0.2) is 17.0 Å². The highest BCUT2D eigenvalue weighted by Crippen LogP contribution is 2.19. The molecule has 20 heavy (non-hydrogen) atoms. The number of aliphatic carboxylic acids is 1. The van der Waals surface area contributed by atoms with E-state index in [1.807, 2.05) is 30.3 Å². The third-order valence-corrected chi connectivity index (χ3v) is 3.17. The van der Waals surface area contributed by atoms with Crippen molar-refractivity contribution >= 4 is 11.9 Å². The Morgan fingerprint density at radius 1 is 1.20 bits per heavy atom. The Morgan fingerprint density at radius 2 is 1.85 bits per heavy atom. The van der Waals surface area contributed by atoms with Gasteiger partial charge in [-0.1, -0.05) is 50.6 Å². The van der Waals surface area contributed by atoms with Gasteiger partial charge in [-0.05, 0) is 17.9 Å². The summed E-state index contributed by atoms with van der Waals surface area (Å²) in [6.07, 6.45) is 2.13. The van der Waals surface area contributed by atoms with Gasteiger partial charge >= 0.3 is 5.97 Å². The molecule has 0 aliphatic carbocycles. The molecule has 110 valence electrons. The van der Waals surface area contributed by atoms with Gasteiger partial charge in [0.1, 0.15) is 0 Å². The summed E-state index contributed by atoms with van der Waals surface area (Å²) in [6, 6.07) is 9.87. The lowest BCUT2D eigenvalue weighted by Crippen LogP contribution is -2.30. The van der Waals surface area contributed by atoms with Crippen molar-refractivity contribution < 1.29 is 14.7 Å². The highest BCUT2D eigenvalue weighted by molar-refractivity contribution is 5.77. The molecular weight excluding hydrogens is 254 g/mol. The maximum Gasteiger partial charge on any atom is 0.303 e. The van der Waals surface area contributed by atoms with Gasteiger partial charge in [0, 0.05) is 12.8 Å². The van der Waals surface area contributed by atoms with Crippen molar-refractivity contribution in [1.82, 2.24) is 5.32 Å². The Morgan fingerprint density at radius 3 is 2.40 bits per heavy atom. The molecule has 2 atom stereocenters. The molecule has 0 saturated heterocycles. The molecule has 0 fully saturated rings. The number of rotatable bonds is 8. The number of carbonyl (C=O) groups excluding carboxylic acids is 1. The molecular formula is C16H23NO3. The van der Waals surface area contributed by atoms with Gasteiger partial charge in [-0.3, -0.25) is 9.59 Å². The summed E-state index contributed by atoms with van der Waals surface area (Å²) in [5, 5.41) is 11.7. The molecule has 1 aromatic rings. The van der Waals surface area contributed by atoms with Crippen LogP contribution in [0.2, 0.25) is 0 Å². The molecule has 0 aromatic heterocycles. The molecule has 1 amide bonds. The van der Waals surface area contributed by atoms with Gasteiger partial charge in [0.05, 0.1) is 6.04 Å². The summed E-state index contributed by atoms with van der Waals surface area (Å²) >= 11 is 0. The van der Waals surface area contributed by atoms with Crippen molar-refractivity contribution in [3.05, 3.63) is 35.9 Å². The molecule has 4 heteroatoms. The minimum absolute atomic E-state index is 0.00530. The third-order valence-electron chi connectivity index (χ3n) is 3.17. The van der Waals surface area contributed by atoms with Gasteiger partial charge in [-0.25, -0.2) is 0 Å². The van der Waals surface area contributed by atoms with Crippen LogP contribution in [0.5, 0.6) is 0 Å². The minimum Gasteiger partial charge on any atom is -0.481 e. The van der Waals surface area contributed by atoms with E-state index in [1.165, 1.54) is 0 Å². The lowest BCUT2D eigenvalue weighted by Gasteiger charge is -2.19. The average Bonchev–Trinajstić information content (AvgIpc) is 2.38. The zero-order valence-electron chi connectivity index (χ0n) is 12.1. The van der Waals surface area contributed by atoms with Gasteiger partial charge in [0.25, 0.3) is 0 Å². The van der Waals surface area contributed by atoms with Crippen LogP contribution in [0.25, 0.3) is 0 Å². The van der Waals surface area contributed by atoms with E-state index in [0.717, 1.165) is 18.4 Å². The number of carboxylic acids is 1. The number of hydrogen-bond acceptors (Lipinski definition) is 2. The number of hydrogen-bond donors (Lipinski definition) is 2. The summed E-state index contributed by atoms with van der Waals surface area (Å²) in [5.41, 5.74) is 1.09. The molecule has 0 aliphatic rings. The smallest absolute Gasteiger partial charge is 0.303 e. The highest BCUT2D eigenvalue weighted by Gasteiger charge is 2.17. The van der Waals surface area contributed by atoms with Crippen molar-refractivity contribution in [1.29, 1.82) is 0 Å². The summed E-state index contributed by atoms with van der Waals surface area (Å²) < 4.78 is 0. The van der Waals surface area contributed by atoms with Crippen LogP contribution in [0.4, 0.5) is 0 Å². The lowest BCUT2D eigenvalue weighted by atomic mass is 10.00. The van der Waals surface area contributed by atoms with Crippen LogP contribution in [0.15, 0.2) is 30.3 Å². The van der Waals surface area contributed by atoms with Crippen molar-refractivity contribution in [2.75, 3.05) is 0 Å². The van der Waals surface area contributed by atoms with Gasteiger partial charge in [-0.2, -0.15) is 0 Å². The SMILES string of the molecule is CCCC(NC(=O)CC(C)CC(=O)O)c1ccccc1. The number of benzene rings is 1. The number of carbonyl (C=O) groups is 2. The van der Waals surface area contributed by atoms with Crippen molar-refractivity contribution in [2.24, 2.45) is 5.92 Å². The topological polar surface area (TPSA) is 66.4 Å². The molecule has 1 rings (SSSR count). The van der Waals surface area contributed by atoms with E-state index >= 15 is 0 Å². The Labute approximate surface area is 120 Å². The van der Waals surface area contributed by atoms with E-state index in [-0.39, 0.29) is 30.7 Å². The fourth-order valence-corrected chi connectivity index (χ4v) is 2.24. The first-order chi connectivity index (χ1) is 9.52. The van der Waals surface area contributed by atoms with E-state index in [1.54, 1.807) is 6.92 Å². The monoisotopic (exact) mass is 277 g/mol. The van der Waals surface area contributed by atoms with Crippen LogP contribution in [0.3, 0.4) is 0 Å². The largest absolute Gasteiger partial charge is 0.481 e. The number of amides is 1. The van der Waals surface area contributed by atoms with Gasteiger partial charge in [0.2, 0.25) is 5.91 Å². The number of nitrogens with one attached hydrogen (secondary N) is 1. The predicted molar refractivity (Wildman–Crippen MR) is 78.3 cm³/mol. The zero-order chi connectivity index (χ0) is 15.0. The van der Waals surface area contributed by atoms with Gasteiger partial charge in [0.15, 0.2) is 0 Å². The first-order valence-electron chi connectivity index (χ1n) is 7.09. The molecule has 0 saturated carbocycles. The van der Waals surface area contributed by atoms with Crippen LogP contribution >= 0.6 is 0 Å². The molecule has 0 heterocycles. The normalized spacial score (nSPS) is 13.5. The van der Waals surface area contributed by atoms with Crippen molar-refractivity contribution in [3.63, 3.8) is 0 Å². The lowest BCUT2D eigenvalue weighted by molar-refractivity contribution is -0.138. The minimum atomic E-state index is -0.863. The molecule has 0 radical (unpaired) electrons. The predicted octanol–water partition coefficient (Wildman–Crippen LogP) is 3.14. The summed E-state index contributed by atoms with van der Waals surface area (Å²) in [6.45, 7) is 3.86. The standard InChI is InChI=1S/C16H23NO3/c1-3-7-14(13-8-5-4-6-9-13)17-15(18)10-12(2)11-16(19)20/h4-6,8-9,12,14H,3,7,10-11H2,1-2H3,(H,17,18)(H,19,20). The molecule has 2 N–H and O–H groups in total. The van der Waals surface area contributed by atoms with Gasteiger partial charge in [-0.15, -0.1) is 0 Å². The number of carboxylic acid groups (broad SMARTS) is 1. The summed E-state index contributed by atoms with van der Waals surface area (Å²) in [4.78, 5) is 22.6. The van der Waals surface area contributed by atoms with E-state index in [2.05, 4.69) is 12.2 Å². The zero-order valence-corrected chi connectivity index (χ0v) is 12.1. The fraction of sp³-hybridized carbons (Fsp3) is 0.500. The van der Waals surface area contributed by atoms with E-state index in [4.69, 9.17) is 5.11 Å². The molecule has 0 bridgehead atoms. The molecule has 4 nitrogen and oxygen atoms in total. The maximum absolute atomic E-state index is 12.0. The third kappa shape index (κ3) is 5.87. The Kier molecular flexibility index (Phi) is 6.77. The fourth-order valence-electron chi connectivity index (χ4n) is 2.24. The summed E-state index contributed by atoms with van der Waals surface area (Å²) in [5.74, 6) is -1.09. The second-order valence-electron chi connectivity index (χ2n) is 5.23. The highest BCUT2D eigenvalue weighted by atomic mass is 16.4. The Hall–Kier alpha value is -1.84. The van der Waals surface area contributed by atoms with E-state index in [0.29, 0.717) is 0 Å². The van der Waals surface area contributed by atoms with E-state index < -0.39 is 5.97 Å². The Balaban J connectivity index is 2.57. The van der Waals surface area contributed by atoms with Gasteiger partial charge < -0.3 is 10.4 Å². The van der Waals surface area contributed by atoms with Crippen LogP contribution < -0.4 is 5.32 Å². The Bertz CT molecular complexity index is 431. The van der Waals surface area contributed by atoms with Crippen molar-refractivity contribution in [3.8, 4) is 0 Å². The maximum atomic E-state index is 12.0. The van der Waals surface area contributed by atoms with Crippen molar-refractivity contribution in [2.45, 2.75) is 45.6 Å². The second kappa shape index (κ2) is 8.35. The van der Waals surface area contributed by atoms with Crippen LogP contribution in [0.1, 0.15) is 51.1 Å². The van der Waals surface area contributed by atoms with E-state index in [9.17, 15) is 9.59 Å². The average molecular weight is 277 g/mol. The van der Waals surface area contributed by atoms with Crippen LogP contribution in [0, 0.1) is 5.92 Å².